The topological polar surface area (TPSA) is 35.0 Å². The Kier molecular flexibility index (Phi) is 22.7. The number of hydrogen-bond acceptors (Lipinski definition) is 1. The Morgan fingerprint density at radius 1 is 1.25 bits per heavy atom. The van der Waals surface area contributed by atoms with Crippen LogP contribution in [-0.4, -0.2) is 0 Å². The van der Waals surface area contributed by atoms with Gasteiger partial charge in [-0.3, -0.25) is 0 Å². The van der Waals surface area contributed by atoms with Gasteiger partial charge >= 0.3 is 22.5 Å². The summed E-state index contributed by atoms with van der Waals surface area (Å²) < 4.78 is 19.1. The third-order valence-electron chi connectivity index (χ3n) is 0. The van der Waals surface area contributed by atoms with Gasteiger partial charge in [0.15, 0.2) is 0 Å². The molecule has 0 saturated carbocycles. The van der Waals surface area contributed by atoms with Gasteiger partial charge in [-0.2, -0.15) is 0 Å². The van der Waals surface area contributed by atoms with Crippen LogP contribution in [0.15, 0.2) is 0 Å². The van der Waals surface area contributed by atoms with Crippen LogP contribution in [0.4, 0.5) is 7.21 Å². The molecule has 1 nitrogen and oxygen atoms in total. The second-order valence-corrected chi connectivity index (χ2v) is 0.186. The molecule has 0 aromatic rings. The number of halogens is 2. The average Bonchev–Trinajstić information content (AvgIpc) is 0.918. The monoisotopic (exact) mass is 113 g/mol. The van der Waals surface area contributed by atoms with E-state index in [9.17, 15) is 7.21 Å². The Bertz CT molecular complexity index is 6.00. The summed E-state index contributed by atoms with van der Waals surface area (Å²) in [4.78, 5) is 0. The van der Waals surface area contributed by atoms with Crippen LogP contribution in [0.25, 0.3) is 0 Å². The predicted octanol–water partition coefficient (Wildman–Crippen LogP) is 1.000. The van der Waals surface area contributed by atoms with E-state index in [-0.39, 0.29) is 6.15 Å². The summed E-state index contributed by atoms with van der Waals surface area (Å²) in [6.07, 6.45) is 0. The van der Waals surface area contributed by atoms with Gasteiger partial charge < -0.3 is 6.15 Å². The molecule has 0 radical (unpaired) electrons. The quantitative estimate of drug-likeness (QED) is 0.468. The molecule has 0 aromatic carbocycles. The molecule has 0 saturated heterocycles. The maximum absolute atomic E-state index is 9.56. The summed E-state index contributed by atoms with van der Waals surface area (Å²) in [5.74, 6) is 0. The van der Waals surface area contributed by atoms with E-state index in [2.05, 4.69) is 0 Å². The van der Waals surface area contributed by atoms with Gasteiger partial charge in [-0.05, 0) is 0 Å². The first-order chi connectivity index (χ1) is 1.41. The molecule has 4 heteroatoms. The van der Waals surface area contributed by atoms with E-state index in [1.54, 1.807) is 0 Å². The molecule has 4 heavy (non-hydrogen) atoms. The minimum atomic E-state index is -1.38. The fourth-order valence-electron chi connectivity index (χ4n) is 0. The maximum atomic E-state index is 9.56. The van der Waals surface area contributed by atoms with Crippen molar-refractivity contribution >= 4 is 0 Å². The SMILES string of the molecule is N.[F][Ni][F]. The van der Waals surface area contributed by atoms with Gasteiger partial charge in [0.2, 0.25) is 0 Å². The third kappa shape index (κ3) is 40.6. The molecule has 3 N–H and O–H groups in total. The molecule has 0 fully saturated rings. The van der Waals surface area contributed by atoms with Crippen molar-refractivity contribution in [2.75, 3.05) is 0 Å². The van der Waals surface area contributed by atoms with Crippen LogP contribution in [0.2, 0.25) is 0 Å². The Hall–Kier alpha value is 0.314. The zero-order chi connectivity index (χ0) is 2.71. The van der Waals surface area contributed by atoms with Crippen molar-refractivity contribution in [2.45, 2.75) is 0 Å². The van der Waals surface area contributed by atoms with Gasteiger partial charge in [-0.1, -0.05) is 0 Å². The summed E-state index contributed by atoms with van der Waals surface area (Å²) in [6, 6.07) is 0. The first-order valence-corrected chi connectivity index (χ1v) is 0.986. The summed E-state index contributed by atoms with van der Waals surface area (Å²) in [7, 11) is 0. The molecule has 0 aliphatic heterocycles. The molecular formula is H3F2NNi. The van der Waals surface area contributed by atoms with Crippen molar-refractivity contribution in [3.05, 3.63) is 0 Å². The van der Waals surface area contributed by atoms with Crippen molar-refractivity contribution in [2.24, 2.45) is 0 Å². The standard InChI is InChI=1S/2FH.H3N.Ni/h2*1H;1H3;/q;;;+2/p-2. The van der Waals surface area contributed by atoms with Crippen molar-refractivity contribution in [3.8, 4) is 0 Å². The van der Waals surface area contributed by atoms with Gasteiger partial charge in [0.05, 0.1) is 0 Å². The second-order valence-electron chi connectivity index (χ2n) is 0.0452. The molecule has 0 atom stereocenters. The summed E-state index contributed by atoms with van der Waals surface area (Å²) in [6.45, 7) is 0. The third-order valence-corrected chi connectivity index (χ3v) is 0. The molecule has 0 bridgehead atoms. The van der Waals surface area contributed by atoms with Gasteiger partial charge in [0, 0.05) is 0 Å². The first kappa shape index (κ1) is 8.85. The van der Waals surface area contributed by atoms with Crippen LogP contribution in [0.1, 0.15) is 0 Å². The molecular weight excluding hydrogens is 111 g/mol. The molecule has 0 aliphatic carbocycles. The van der Waals surface area contributed by atoms with E-state index in [0.717, 1.165) is 0 Å². The first-order valence-electron chi connectivity index (χ1n) is 0.239. The van der Waals surface area contributed by atoms with E-state index in [1.165, 1.54) is 0 Å². The zero-order valence-corrected chi connectivity index (χ0v) is 2.77. The zero-order valence-electron chi connectivity index (χ0n) is 1.78. The van der Waals surface area contributed by atoms with Crippen LogP contribution in [0.3, 0.4) is 0 Å². The molecule has 0 aromatic heterocycles. The number of hydrogen-bond donors (Lipinski definition) is 1. The van der Waals surface area contributed by atoms with E-state index >= 15 is 0 Å². The van der Waals surface area contributed by atoms with Crippen molar-refractivity contribution in [3.63, 3.8) is 0 Å². The molecule has 32 valence electrons. The minimum absolute atomic E-state index is 0. The molecule has 0 aliphatic rings. The van der Waals surface area contributed by atoms with Crippen molar-refractivity contribution in [1.82, 2.24) is 6.15 Å². The van der Waals surface area contributed by atoms with Gasteiger partial charge in [0.25, 0.3) is 0 Å². The van der Waals surface area contributed by atoms with E-state index in [4.69, 9.17) is 0 Å². The molecule has 0 amide bonds. The molecule has 0 unspecified atom stereocenters. The fraction of sp³-hybridized carbons (Fsp3) is 0. The Morgan fingerprint density at radius 2 is 1.25 bits per heavy atom. The van der Waals surface area contributed by atoms with E-state index in [1.807, 2.05) is 0 Å². The Labute approximate surface area is 29.6 Å². The van der Waals surface area contributed by atoms with Crippen LogP contribution in [0.5, 0.6) is 0 Å². The molecule has 0 spiro atoms. The summed E-state index contributed by atoms with van der Waals surface area (Å²) >= 11 is -1.38. The van der Waals surface area contributed by atoms with E-state index < -0.39 is 15.3 Å². The number of rotatable bonds is 0. The van der Waals surface area contributed by atoms with Crippen LogP contribution >= 0.6 is 0 Å². The summed E-state index contributed by atoms with van der Waals surface area (Å²) in [5.41, 5.74) is 0. The van der Waals surface area contributed by atoms with Crippen LogP contribution in [0, 0.1) is 0 Å². The van der Waals surface area contributed by atoms with Gasteiger partial charge in [-0.25, -0.2) is 0 Å². The molecule has 0 heterocycles. The van der Waals surface area contributed by atoms with Gasteiger partial charge in [-0.15, -0.1) is 0 Å². The van der Waals surface area contributed by atoms with Crippen LogP contribution in [-0.2, 0) is 15.3 Å². The second kappa shape index (κ2) is 10.3. The fourth-order valence-corrected chi connectivity index (χ4v) is 0. The summed E-state index contributed by atoms with van der Waals surface area (Å²) in [5, 5.41) is 0. The normalized spacial score (nSPS) is 5.50. The van der Waals surface area contributed by atoms with Crippen LogP contribution < -0.4 is 6.15 Å². The van der Waals surface area contributed by atoms with Gasteiger partial charge in [0.1, 0.15) is 0 Å². The Balaban J connectivity index is 0. The van der Waals surface area contributed by atoms with E-state index in [0.29, 0.717) is 0 Å². The van der Waals surface area contributed by atoms with Crippen molar-refractivity contribution < 1.29 is 22.5 Å². The molecule has 0 rings (SSSR count). The van der Waals surface area contributed by atoms with Crippen molar-refractivity contribution in [1.29, 1.82) is 0 Å². The predicted molar refractivity (Wildman–Crippen MR) is 7.24 cm³/mol. The average molecular weight is 114 g/mol. The Morgan fingerprint density at radius 3 is 1.25 bits per heavy atom.